The predicted molar refractivity (Wildman–Crippen MR) is 113 cm³/mol. The Morgan fingerprint density at radius 1 is 1.18 bits per heavy atom. The highest BCUT2D eigenvalue weighted by Crippen LogP contribution is 2.19. The molecular formula is C18H26ClN5O3S. The van der Waals surface area contributed by atoms with E-state index in [0.717, 1.165) is 5.69 Å². The molecule has 0 spiro atoms. The first-order valence-electron chi connectivity index (χ1n) is 9.01. The van der Waals surface area contributed by atoms with Crippen molar-refractivity contribution < 1.29 is 14.4 Å². The third-order valence-corrected chi connectivity index (χ3v) is 5.38. The van der Waals surface area contributed by atoms with Gasteiger partial charge in [-0.1, -0.05) is 11.6 Å². The average molecular weight is 428 g/mol. The van der Waals surface area contributed by atoms with Crippen molar-refractivity contribution in [2.75, 3.05) is 49.6 Å². The quantitative estimate of drug-likeness (QED) is 0.571. The highest BCUT2D eigenvalue weighted by molar-refractivity contribution is 7.98. The second kappa shape index (κ2) is 11.0. The first kappa shape index (κ1) is 22.2. The Hall–Kier alpha value is -2.13. The van der Waals surface area contributed by atoms with Crippen molar-refractivity contribution in [3.63, 3.8) is 0 Å². The molecule has 1 fully saturated rings. The standard InChI is InChI=1S/C18H26ClN5O3S/c1-28-11-6-15(22-18(20)27)17(26)21-12-16(25)24-9-7-23(8-10-24)14-4-2-13(19)3-5-14/h2-5,15H,6-12H2,1H3,(H,21,26)(H3,20,22,27). The van der Waals surface area contributed by atoms with Crippen LogP contribution in [0.5, 0.6) is 0 Å². The number of amides is 4. The van der Waals surface area contributed by atoms with Crippen LogP contribution < -0.4 is 21.3 Å². The first-order chi connectivity index (χ1) is 13.4. The summed E-state index contributed by atoms with van der Waals surface area (Å²) in [6, 6.07) is 6.11. The second-order valence-electron chi connectivity index (χ2n) is 6.40. The van der Waals surface area contributed by atoms with Crippen LogP contribution in [0.2, 0.25) is 5.02 Å². The summed E-state index contributed by atoms with van der Waals surface area (Å²) in [5.41, 5.74) is 6.19. The van der Waals surface area contributed by atoms with Crippen molar-refractivity contribution in [3.8, 4) is 0 Å². The molecule has 8 nitrogen and oxygen atoms in total. The Bertz CT molecular complexity index is 680. The molecule has 4 amide bonds. The predicted octanol–water partition coefficient (Wildman–Crippen LogP) is 0.895. The van der Waals surface area contributed by atoms with E-state index in [9.17, 15) is 14.4 Å². The van der Waals surface area contributed by atoms with Crippen molar-refractivity contribution in [3.05, 3.63) is 29.3 Å². The second-order valence-corrected chi connectivity index (χ2v) is 7.83. The monoisotopic (exact) mass is 427 g/mol. The molecule has 0 aliphatic carbocycles. The maximum absolute atomic E-state index is 12.4. The van der Waals surface area contributed by atoms with Crippen LogP contribution >= 0.6 is 23.4 Å². The third-order valence-electron chi connectivity index (χ3n) is 4.48. The van der Waals surface area contributed by atoms with Crippen molar-refractivity contribution in [1.82, 2.24) is 15.5 Å². The van der Waals surface area contributed by atoms with E-state index in [1.165, 1.54) is 0 Å². The summed E-state index contributed by atoms with van der Waals surface area (Å²) in [5, 5.41) is 5.71. The summed E-state index contributed by atoms with van der Waals surface area (Å²) < 4.78 is 0. The lowest BCUT2D eigenvalue weighted by Gasteiger charge is -2.36. The molecule has 1 aromatic carbocycles. The summed E-state index contributed by atoms with van der Waals surface area (Å²) >= 11 is 7.48. The zero-order valence-electron chi connectivity index (χ0n) is 15.8. The summed E-state index contributed by atoms with van der Waals surface area (Å²) in [5.74, 6) is 0.145. The first-order valence-corrected chi connectivity index (χ1v) is 10.8. The average Bonchev–Trinajstić information content (AvgIpc) is 2.69. The number of halogens is 1. The number of carbonyl (C=O) groups excluding carboxylic acids is 3. The van der Waals surface area contributed by atoms with Gasteiger partial charge < -0.3 is 26.2 Å². The molecule has 0 saturated carbocycles. The Morgan fingerprint density at radius 2 is 1.82 bits per heavy atom. The largest absolute Gasteiger partial charge is 0.368 e. The smallest absolute Gasteiger partial charge is 0.312 e. The Kier molecular flexibility index (Phi) is 8.72. The van der Waals surface area contributed by atoms with Gasteiger partial charge in [0.1, 0.15) is 6.04 Å². The minimum absolute atomic E-state index is 0.101. The zero-order chi connectivity index (χ0) is 20.5. The summed E-state index contributed by atoms with van der Waals surface area (Å²) in [6.07, 6.45) is 2.36. The highest BCUT2D eigenvalue weighted by Gasteiger charge is 2.24. The maximum Gasteiger partial charge on any atom is 0.312 e. The zero-order valence-corrected chi connectivity index (χ0v) is 17.4. The molecule has 4 N–H and O–H groups in total. The van der Waals surface area contributed by atoms with E-state index in [0.29, 0.717) is 43.4 Å². The van der Waals surface area contributed by atoms with Crippen LogP contribution in [0.25, 0.3) is 0 Å². The topological polar surface area (TPSA) is 108 Å². The molecule has 2 rings (SSSR count). The lowest BCUT2D eigenvalue weighted by Crippen LogP contribution is -2.53. The lowest BCUT2D eigenvalue weighted by atomic mass is 10.2. The van der Waals surface area contributed by atoms with Crippen LogP contribution in [0.1, 0.15) is 6.42 Å². The molecule has 1 heterocycles. The molecule has 1 aromatic rings. The van der Waals surface area contributed by atoms with Crippen LogP contribution in [0.15, 0.2) is 24.3 Å². The number of anilines is 1. The van der Waals surface area contributed by atoms with Gasteiger partial charge in [-0.15, -0.1) is 0 Å². The molecule has 1 atom stereocenters. The molecule has 1 unspecified atom stereocenters. The Morgan fingerprint density at radius 3 is 2.39 bits per heavy atom. The van der Waals surface area contributed by atoms with Gasteiger partial charge in [-0.25, -0.2) is 4.79 Å². The molecule has 1 aliphatic rings. The van der Waals surface area contributed by atoms with Gasteiger partial charge >= 0.3 is 6.03 Å². The number of benzene rings is 1. The number of piperazine rings is 1. The lowest BCUT2D eigenvalue weighted by molar-refractivity contribution is -0.133. The number of nitrogens with zero attached hydrogens (tertiary/aromatic N) is 2. The van der Waals surface area contributed by atoms with Gasteiger partial charge in [-0.3, -0.25) is 9.59 Å². The van der Waals surface area contributed by atoms with E-state index in [1.54, 1.807) is 16.7 Å². The summed E-state index contributed by atoms with van der Waals surface area (Å²) in [4.78, 5) is 39.6. The fraction of sp³-hybridized carbons (Fsp3) is 0.500. The van der Waals surface area contributed by atoms with Gasteiger partial charge in [-0.2, -0.15) is 11.8 Å². The molecule has 154 valence electrons. The van der Waals surface area contributed by atoms with Crippen LogP contribution in [0, 0.1) is 0 Å². The molecule has 0 aromatic heterocycles. The van der Waals surface area contributed by atoms with Gasteiger partial charge in [0.25, 0.3) is 0 Å². The number of rotatable bonds is 8. The Balaban J connectivity index is 1.79. The van der Waals surface area contributed by atoms with Crippen molar-refractivity contribution in [1.29, 1.82) is 0 Å². The molecule has 0 radical (unpaired) electrons. The van der Waals surface area contributed by atoms with Crippen LogP contribution in [-0.2, 0) is 9.59 Å². The number of hydrogen-bond acceptors (Lipinski definition) is 5. The van der Waals surface area contributed by atoms with Gasteiger partial charge in [-0.05, 0) is 42.7 Å². The number of thioether (sulfide) groups is 1. The molecule has 1 saturated heterocycles. The van der Waals surface area contributed by atoms with Gasteiger partial charge in [0.05, 0.1) is 6.54 Å². The van der Waals surface area contributed by atoms with Crippen LogP contribution in [0.3, 0.4) is 0 Å². The number of hydrogen-bond donors (Lipinski definition) is 3. The van der Waals surface area contributed by atoms with E-state index in [1.807, 2.05) is 30.5 Å². The molecule has 28 heavy (non-hydrogen) atoms. The van der Waals surface area contributed by atoms with Crippen molar-refractivity contribution >= 4 is 46.9 Å². The van der Waals surface area contributed by atoms with Crippen LogP contribution in [0.4, 0.5) is 10.5 Å². The highest BCUT2D eigenvalue weighted by atomic mass is 35.5. The minimum Gasteiger partial charge on any atom is -0.368 e. The van der Waals surface area contributed by atoms with E-state index in [4.69, 9.17) is 17.3 Å². The SMILES string of the molecule is CSCCC(NC(N)=O)C(=O)NCC(=O)N1CCN(c2ccc(Cl)cc2)CC1. The Labute approximate surface area is 174 Å². The normalized spacial score (nSPS) is 15.1. The van der Waals surface area contributed by atoms with E-state index in [2.05, 4.69) is 15.5 Å². The van der Waals surface area contributed by atoms with Crippen molar-refractivity contribution in [2.24, 2.45) is 5.73 Å². The molecule has 10 heteroatoms. The fourth-order valence-electron chi connectivity index (χ4n) is 2.94. The fourth-order valence-corrected chi connectivity index (χ4v) is 3.54. The third kappa shape index (κ3) is 6.79. The minimum atomic E-state index is -0.758. The van der Waals surface area contributed by atoms with Gasteiger partial charge in [0, 0.05) is 36.9 Å². The van der Waals surface area contributed by atoms with Gasteiger partial charge in [0.15, 0.2) is 0 Å². The molecular weight excluding hydrogens is 402 g/mol. The maximum atomic E-state index is 12.4. The molecule has 1 aliphatic heterocycles. The number of nitrogens with two attached hydrogens (primary N) is 1. The molecule has 0 bridgehead atoms. The number of primary amides is 1. The van der Waals surface area contributed by atoms with E-state index in [-0.39, 0.29) is 12.5 Å². The van der Waals surface area contributed by atoms with E-state index < -0.39 is 18.0 Å². The van der Waals surface area contributed by atoms with E-state index >= 15 is 0 Å². The van der Waals surface area contributed by atoms with Crippen molar-refractivity contribution in [2.45, 2.75) is 12.5 Å². The number of carbonyl (C=O) groups is 3. The number of nitrogens with one attached hydrogen (secondary N) is 2. The summed E-state index contributed by atoms with van der Waals surface area (Å²) in [7, 11) is 0. The number of urea groups is 1. The summed E-state index contributed by atoms with van der Waals surface area (Å²) in [6.45, 7) is 2.47. The van der Waals surface area contributed by atoms with Crippen LogP contribution in [-0.4, -0.2) is 73.5 Å². The van der Waals surface area contributed by atoms with Gasteiger partial charge in [0.2, 0.25) is 11.8 Å².